The molecule has 0 amide bonds. The first-order valence-electron chi connectivity index (χ1n) is 5.47. The summed E-state index contributed by atoms with van der Waals surface area (Å²) in [5.41, 5.74) is 0. The van der Waals surface area contributed by atoms with Gasteiger partial charge < -0.3 is 13.3 Å². The van der Waals surface area contributed by atoms with Gasteiger partial charge in [-0.1, -0.05) is 26.2 Å². The van der Waals surface area contributed by atoms with E-state index in [0.29, 0.717) is 5.25 Å². The molecule has 0 bridgehead atoms. The Morgan fingerprint density at radius 3 is 2.00 bits per heavy atom. The van der Waals surface area contributed by atoms with Crippen LogP contribution >= 0.6 is 12.6 Å². The van der Waals surface area contributed by atoms with E-state index in [2.05, 4.69) is 19.6 Å². The molecule has 0 spiro atoms. The van der Waals surface area contributed by atoms with Crippen LogP contribution in [0.4, 0.5) is 0 Å². The summed E-state index contributed by atoms with van der Waals surface area (Å²) in [6.45, 7) is 2.20. The summed E-state index contributed by atoms with van der Waals surface area (Å²) in [4.78, 5) is 0. The fourth-order valence-electron chi connectivity index (χ4n) is 1.52. The van der Waals surface area contributed by atoms with Gasteiger partial charge in [-0.05, 0) is 6.42 Å². The lowest BCUT2D eigenvalue weighted by Crippen LogP contribution is -2.44. The molecule has 3 nitrogen and oxygen atoms in total. The van der Waals surface area contributed by atoms with Crippen LogP contribution < -0.4 is 0 Å². The van der Waals surface area contributed by atoms with Gasteiger partial charge in [-0.25, -0.2) is 0 Å². The summed E-state index contributed by atoms with van der Waals surface area (Å²) in [6.07, 6.45) is 4.81. The fourth-order valence-corrected chi connectivity index (χ4v) is 4.16. The first-order valence-corrected chi connectivity index (χ1v) is 7.92. The second-order valence-corrected chi connectivity index (χ2v) is 7.38. The van der Waals surface area contributed by atoms with Gasteiger partial charge >= 0.3 is 8.80 Å². The predicted molar refractivity (Wildman–Crippen MR) is 68.5 cm³/mol. The van der Waals surface area contributed by atoms with E-state index < -0.39 is 8.80 Å². The van der Waals surface area contributed by atoms with Gasteiger partial charge in [-0.2, -0.15) is 12.6 Å². The molecule has 0 aromatic rings. The maximum atomic E-state index is 5.36. The Bertz CT molecular complexity index is 145. The maximum Gasteiger partial charge on any atom is 0.501 e. The summed E-state index contributed by atoms with van der Waals surface area (Å²) >= 11 is 4.55. The average molecular weight is 252 g/mol. The molecule has 92 valence electrons. The van der Waals surface area contributed by atoms with Crippen LogP contribution in [0, 0.1) is 0 Å². The molecule has 0 fully saturated rings. The molecule has 0 aliphatic carbocycles. The van der Waals surface area contributed by atoms with Crippen molar-refractivity contribution < 1.29 is 13.3 Å². The Labute approximate surface area is 100 Å². The van der Waals surface area contributed by atoms with Crippen LogP contribution in [-0.4, -0.2) is 35.4 Å². The van der Waals surface area contributed by atoms with Gasteiger partial charge in [-0.3, -0.25) is 0 Å². The minimum atomic E-state index is -2.42. The van der Waals surface area contributed by atoms with Crippen molar-refractivity contribution in [2.75, 3.05) is 21.3 Å². The molecule has 0 N–H and O–H groups in total. The predicted octanol–water partition coefficient (Wildman–Crippen LogP) is 2.74. The molecule has 5 heteroatoms. The van der Waals surface area contributed by atoms with Crippen LogP contribution in [0.25, 0.3) is 0 Å². The highest BCUT2D eigenvalue weighted by Gasteiger charge is 2.39. The summed E-state index contributed by atoms with van der Waals surface area (Å²) in [5.74, 6) is 0. The fraction of sp³-hybridized carbons (Fsp3) is 1.00. The van der Waals surface area contributed by atoms with E-state index in [4.69, 9.17) is 13.3 Å². The zero-order valence-corrected chi connectivity index (χ0v) is 12.2. The van der Waals surface area contributed by atoms with Crippen LogP contribution in [0.1, 0.15) is 32.6 Å². The summed E-state index contributed by atoms with van der Waals surface area (Å²) in [7, 11) is 2.52. The lowest BCUT2D eigenvalue weighted by atomic mass is 10.2. The second kappa shape index (κ2) is 8.58. The number of hydrogen-bond donors (Lipinski definition) is 1. The molecule has 1 unspecified atom stereocenters. The Morgan fingerprint density at radius 2 is 1.60 bits per heavy atom. The van der Waals surface area contributed by atoms with Gasteiger partial charge in [0.2, 0.25) is 0 Å². The normalized spacial score (nSPS) is 14.2. The van der Waals surface area contributed by atoms with Gasteiger partial charge in [0.15, 0.2) is 0 Å². The third-order valence-corrected chi connectivity index (χ3v) is 6.20. The van der Waals surface area contributed by atoms with Crippen molar-refractivity contribution in [1.82, 2.24) is 0 Å². The number of thiol groups is 1. The molecule has 1 atom stereocenters. The Hall–Kier alpha value is 0.447. The molecular weight excluding hydrogens is 228 g/mol. The van der Waals surface area contributed by atoms with E-state index in [1.54, 1.807) is 21.3 Å². The van der Waals surface area contributed by atoms with Crippen LogP contribution in [0.15, 0.2) is 0 Å². The summed E-state index contributed by atoms with van der Waals surface area (Å²) in [5, 5.41) is 0.308. The molecule has 0 aromatic heterocycles. The van der Waals surface area contributed by atoms with Crippen molar-refractivity contribution in [3.05, 3.63) is 0 Å². The van der Waals surface area contributed by atoms with Crippen molar-refractivity contribution in [1.29, 1.82) is 0 Å². The standard InChI is InChI=1S/C10H24O3SSi/c1-5-6-7-8-10(14)9-15(11-2,12-3)13-4/h10,14H,5-9H2,1-4H3. The Kier molecular flexibility index (Phi) is 8.84. The van der Waals surface area contributed by atoms with Crippen molar-refractivity contribution >= 4 is 21.4 Å². The third kappa shape index (κ3) is 5.92. The quantitative estimate of drug-likeness (QED) is 0.388. The highest BCUT2D eigenvalue weighted by Crippen LogP contribution is 2.22. The molecule has 0 aliphatic rings. The molecule has 0 saturated heterocycles. The van der Waals surface area contributed by atoms with Crippen molar-refractivity contribution in [3.63, 3.8) is 0 Å². The Balaban J connectivity index is 3.94. The highest BCUT2D eigenvalue weighted by atomic mass is 32.1. The third-order valence-electron chi connectivity index (χ3n) is 2.56. The highest BCUT2D eigenvalue weighted by molar-refractivity contribution is 7.81. The molecule has 15 heavy (non-hydrogen) atoms. The van der Waals surface area contributed by atoms with Gasteiger partial charge in [0.1, 0.15) is 0 Å². The van der Waals surface area contributed by atoms with E-state index in [-0.39, 0.29) is 0 Å². The van der Waals surface area contributed by atoms with E-state index in [0.717, 1.165) is 12.5 Å². The Morgan fingerprint density at radius 1 is 1.07 bits per heavy atom. The average Bonchev–Trinajstić information content (AvgIpc) is 2.26. The molecule has 0 radical (unpaired) electrons. The van der Waals surface area contributed by atoms with Crippen molar-refractivity contribution in [2.45, 2.75) is 43.9 Å². The van der Waals surface area contributed by atoms with Crippen LogP contribution in [0.2, 0.25) is 6.04 Å². The first kappa shape index (κ1) is 15.4. The van der Waals surface area contributed by atoms with Crippen LogP contribution in [0.3, 0.4) is 0 Å². The van der Waals surface area contributed by atoms with Crippen molar-refractivity contribution in [2.24, 2.45) is 0 Å². The van der Waals surface area contributed by atoms with Gasteiger partial charge in [0, 0.05) is 32.6 Å². The first-order chi connectivity index (χ1) is 7.14. The van der Waals surface area contributed by atoms with Crippen LogP contribution in [0.5, 0.6) is 0 Å². The zero-order valence-electron chi connectivity index (χ0n) is 10.3. The molecule has 0 aromatic carbocycles. The number of hydrogen-bond acceptors (Lipinski definition) is 4. The molecule has 0 rings (SSSR count). The minimum Gasteiger partial charge on any atom is -0.377 e. The second-order valence-electron chi connectivity index (χ2n) is 3.65. The topological polar surface area (TPSA) is 27.7 Å². The van der Waals surface area contributed by atoms with E-state index in [1.165, 1.54) is 19.3 Å². The number of rotatable bonds is 9. The summed E-state index contributed by atoms with van der Waals surface area (Å²) in [6, 6.07) is 0.781. The molecular formula is C10H24O3SSi. The molecule has 0 saturated carbocycles. The minimum absolute atomic E-state index is 0.308. The van der Waals surface area contributed by atoms with E-state index >= 15 is 0 Å². The van der Waals surface area contributed by atoms with Gasteiger partial charge in [0.05, 0.1) is 0 Å². The van der Waals surface area contributed by atoms with E-state index in [1.807, 2.05) is 0 Å². The molecule has 0 aliphatic heterocycles. The van der Waals surface area contributed by atoms with Crippen molar-refractivity contribution in [3.8, 4) is 0 Å². The van der Waals surface area contributed by atoms with Gasteiger partial charge in [-0.15, -0.1) is 0 Å². The monoisotopic (exact) mass is 252 g/mol. The zero-order chi connectivity index (χ0) is 11.7. The number of unbranched alkanes of at least 4 members (excludes halogenated alkanes) is 2. The largest absolute Gasteiger partial charge is 0.501 e. The van der Waals surface area contributed by atoms with E-state index in [9.17, 15) is 0 Å². The molecule has 0 heterocycles. The smallest absolute Gasteiger partial charge is 0.377 e. The lowest BCUT2D eigenvalue weighted by Gasteiger charge is -2.26. The lowest BCUT2D eigenvalue weighted by molar-refractivity contribution is 0.123. The van der Waals surface area contributed by atoms with Gasteiger partial charge in [0.25, 0.3) is 0 Å². The summed E-state index contributed by atoms with van der Waals surface area (Å²) < 4.78 is 16.1. The maximum absolute atomic E-state index is 5.36. The SMILES string of the molecule is CCCCCC(S)C[Si](OC)(OC)OC. The van der Waals surface area contributed by atoms with Crippen LogP contribution in [-0.2, 0) is 13.3 Å².